The quantitative estimate of drug-likeness (QED) is 0.290. The van der Waals surface area contributed by atoms with E-state index in [-0.39, 0.29) is 28.8 Å². The standard InChI is InChI=1S/C32H36N4O7/c1-17(32(40)36-22-9-7-8-21(15-22)34-18(2)37)33-26-13-11-23-24(16-27(26)39)25(35-19(3)38)12-10-20-14-28(41-4)30(42-5)31(43-6)29(20)23/h7-9,11,13-17,25H,10,12H2,1-6H3,(H,33,39)(H,34,37)(H,35,38)(H,36,40)/t17-,25+/m0/s1. The van der Waals surface area contributed by atoms with Crippen molar-refractivity contribution in [2.45, 2.75) is 45.7 Å². The van der Waals surface area contributed by atoms with Gasteiger partial charge in [0, 0.05) is 30.8 Å². The largest absolute Gasteiger partial charge is 0.493 e. The van der Waals surface area contributed by atoms with Crippen molar-refractivity contribution < 1.29 is 28.6 Å². The number of hydrogen-bond donors (Lipinski definition) is 4. The first-order valence-corrected chi connectivity index (χ1v) is 13.8. The third-order valence-corrected chi connectivity index (χ3v) is 7.13. The lowest BCUT2D eigenvalue weighted by molar-refractivity contribution is -0.120. The van der Waals surface area contributed by atoms with E-state index in [1.54, 1.807) is 50.4 Å². The Bertz CT molecular complexity index is 1620. The van der Waals surface area contributed by atoms with Crippen LogP contribution in [0.15, 0.2) is 53.3 Å². The average Bonchev–Trinajstić information content (AvgIpc) is 3.20. The number of ether oxygens (including phenoxy) is 3. The molecule has 0 heterocycles. The van der Waals surface area contributed by atoms with Gasteiger partial charge in [-0.2, -0.15) is 0 Å². The van der Waals surface area contributed by atoms with Gasteiger partial charge in [-0.15, -0.1) is 0 Å². The number of rotatable bonds is 9. The van der Waals surface area contributed by atoms with Crippen molar-refractivity contribution in [3.63, 3.8) is 0 Å². The van der Waals surface area contributed by atoms with Gasteiger partial charge in [0.1, 0.15) is 6.04 Å². The second-order valence-corrected chi connectivity index (χ2v) is 10.2. The maximum Gasteiger partial charge on any atom is 0.246 e. The van der Waals surface area contributed by atoms with Crippen molar-refractivity contribution in [3.8, 4) is 28.4 Å². The van der Waals surface area contributed by atoms with Crippen LogP contribution in [0.5, 0.6) is 17.2 Å². The van der Waals surface area contributed by atoms with Crippen LogP contribution in [0, 0.1) is 0 Å². The summed E-state index contributed by atoms with van der Waals surface area (Å²) in [5, 5.41) is 11.5. The van der Waals surface area contributed by atoms with Gasteiger partial charge in [-0.1, -0.05) is 12.1 Å². The molecular weight excluding hydrogens is 552 g/mol. The Morgan fingerprint density at radius 3 is 2.19 bits per heavy atom. The molecule has 0 aliphatic heterocycles. The third-order valence-electron chi connectivity index (χ3n) is 7.13. The molecule has 0 fully saturated rings. The Balaban J connectivity index is 1.74. The Morgan fingerprint density at radius 1 is 0.860 bits per heavy atom. The zero-order valence-corrected chi connectivity index (χ0v) is 25.0. The van der Waals surface area contributed by atoms with E-state index in [0.717, 1.165) is 11.1 Å². The lowest BCUT2D eigenvalue weighted by atomic mass is 9.95. The average molecular weight is 589 g/mol. The van der Waals surface area contributed by atoms with Gasteiger partial charge in [-0.25, -0.2) is 0 Å². The Hall–Kier alpha value is -5.06. The molecule has 0 bridgehead atoms. The van der Waals surface area contributed by atoms with Crippen LogP contribution in [0.2, 0.25) is 0 Å². The topological polar surface area (TPSA) is 144 Å². The fourth-order valence-corrected chi connectivity index (χ4v) is 5.25. The molecule has 1 aliphatic carbocycles. The number of amides is 3. The monoisotopic (exact) mass is 588 g/mol. The highest BCUT2D eigenvalue weighted by molar-refractivity contribution is 5.97. The summed E-state index contributed by atoms with van der Waals surface area (Å²) in [6, 6.07) is 12.3. The molecule has 2 atom stereocenters. The van der Waals surface area contributed by atoms with Gasteiger partial charge in [0.15, 0.2) is 11.5 Å². The van der Waals surface area contributed by atoms with Gasteiger partial charge in [-0.3, -0.25) is 19.2 Å². The molecule has 0 unspecified atom stereocenters. The van der Waals surface area contributed by atoms with Crippen LogP contribution in [0.3, 0.4) is 0 Å². The Labute approximate surface area is 249 Å². The van der Waals surface area contributed by atoms with Crippen LogP contribution < -0.4 is 40.9 Å². The number of hydrogen-bond acceptors (Lipinski definition) is 8. The van der Waals surface area contributed by atoms with Crippen molar-refractivity contribution in [1.29, 1.82) is 0 Å². The van der Waals surface area contributed by atoms with Crippen molar-refractivity contribution in [2.75, 3.05) is 37.3 Å². The van der Waals surface area contributed by atoms with Crippen LogP contribution in [0.4, 0.5) is 17.1 Å². The number of methoxy groups -OCH3 is 3. The predicted molar refractivity (Wildman–Crippen MR) is 165 cm³/mol. The van der Waals surface area contributed by atoms with Gasteiger partial charge in [0.05, 0.1) is 33.1 Å². The maximum absolute atomic E-state index is 13.6. The fraction of sp³-hybridized carbons (Fsp3) is 0.312. The molecule has 3 aromatic rings. The molecule has 0 saturated carbocycles. The van der Waals surface area contributed by atoms with E-state index in [2.05, 4.69) is 21.3 Å². The molecule has 226 valence electrons. The van der Waals surface area contributed by atoms with Crippen molar-refractivity contribution in [3.05, 3.63) is 69.9 Å². The number of aryl methyl sites for hydroxylation is 1. The van der Waals surface area contributed by atoms with Crippen LogP contribution in [0.1, 0.15) is 44.4 Å². The number of anilines is 3. The van der Waals surface area contributed by atoms with Crippen LogP contribution in [0.25, 0.3) is 11.1 Å². The summed E-state index contributed by atoms with van der Waals surface area (Å²) >= 11 is 0. The van der Waals surface area contributed by atoms with Gasteiger partial charge in [0.2, 0.25) is 28.9 Å². The van der Waals surface area contributed by atoms with E-state index >= 15 is 0 Å². The van der Waals surface area contributed by atoms with E-state index in [4.69, 9.17) is 14.2 Å². The second kappa shape index (κ2) is 13.3. The molecule has 0 spiro atoms. The minimum Gasteiger partial charge on any atom is -0.493 e. The first-order chi connectivity index (χ1) is 20.6. The molecule has 4 rings (SSSR count). The summed E-state index contributed by atoms with van der Waals surface area (Å²) < 4.78 is 17.0. The molecule has 0 saturated heterocycles. The van der Waals surface area contributed by atoms with Crippen molar-refractivity contribution in [2.24, 2.45) is 0 Å². The summed E-state index contributed by atoms with van der Waals surface area (Å²) in [7, 11) is 4.61. The summed E-state index contributed by atoms with van der Waals surface area (Å²) in [6.07, 6.45) is 1.11. The number of fused-ring (bicyclic) bond motifs is 3. The first-order valence-electron chi connectivity index (χ1n) is 13.8. The van der Waals surface area contributed by atoms with Crippen LogP contribution in [-0.4, -0.2) is 45.1 Å². The molecule has 11 nitrogen and oxygen atoms in total. The number of carbonyl (C=O) groups is 3. The Morgan fingerprint density at radius 2 is 1.56 bits per heavy atom. The zero-order valence-electron chi connectivity index (χ0n) is 25.0. The molecule has 3 aromatic carbocycles. The van der Waals surface area contributed by atoms with Gasteiger partial charge < -0.3 is 35.5 Å². The minimum atomic E-state index is -0.795. The lowest BCUT2D eigenvalue weighted by Gasteiger charge is -2.19. The summed E-state index contributed by atoms with van der Waals surface area (Å²) in [6.45, 7) is 4.47. The number of benzene rings is 2. The highest BCUT2D eigenvalue weighted by atomic mass is 16.5. The van der Waals surface area contributed by atoms with E-state index in [1.807, 2.05) is 6.07 Å². The summed E-state index contributed by atoms with van der Waals surface area (Å²) in [5.41, 5.74) is 3.81. The normalized spacial score (nSPS) is 14.1. The predicted octanol–water partition coefficient (Wildman–Crippen LogP) is 4.26. The molecular formula is C32H36N4O7. The second-order valence-electron chi connectivity index (χ2n) is 10.2. The molecule has 43 heavy (non-hydrogen) atoms. The molecule has 0 aromatic heterocycles. The van der Waals surface area contributed by atoms with Gasteiger partial charge in [-0.05, 0) is 72.9 Å². The molecule has 0 radical (unpaired) electrons. The SMILES string of the molecule is COc1cc2c(c(OC)c1OC)-c1ccc(N[C@@H](C)C(=O)Nc3cccc(NC(C)=O)c3)c(=O)cc1[C@H](NC(C)=O)CC2. The van der Waals surface area contributed by atoms with Gasteiger partial charge in [0.25, 0.3) is 0 Å². The highest BCUT2D eigenvalue weighted by Crippen LogP contribution is 2.50. The van der Waals surface area contributed by atoms with Crippen molar-refractivity contribution >= 4 is 34.8 Å². The summed E-state index contributed by atoms with van der Waals surface area (Å²) in [4.78, 5) is 50.2. The van der Waals surface area contributed by atoms with Crippen molar-refractivity contribution in [1.82, 2.24) is 5.32 Å². The lowest BCUT2D eigenvalue weighted by Crippen LogP contribution is -2.33. The maximum atomic E-state index is 13.6. The Kier molecular flexibility index (Phi) is 9.54. The fourth-order valence-electron chi connectivity index (χ4n) is 5.25. The zero-order chi connectivity index (χ0) is 31.3. The molecule has 4 N–H and O–H groups in total. The summed E-state index contributed by atoms with van der Waals surface area (Å²) in [5.74, 6) is 0.529. The van der Waals surface area contributed by atoms with Crippen LogP contribution in [-0.2, 0) is 20.8 Å². The first kappa shape index (κ1) is 30.9. The van der Waals surface area contributed by atoms with E-state index in [9.17, 15) is 19.2 Å². The van der Waals surface area contributed by atoms with E-state index < -0.39 is 12.1 Å². The third kappa shape index (κ3) is 6.88. The smallest absolute Gasteiger partial charge is 0.246 e. The highest BCUT2D eigenvalue weighted by Gasteiger charge is 2.29. The minimum absolute atomic E-state index is 0.199. The molecule has 1 aliphatic rings. The number of carbonyl (C=O) groups excluding carboxylic acids is 3. The van der Waals surface area contributed by atoms with E-state index in [1.165, 1.54) is 34.1 Å². The number of nitrogens with one attached hydrogen (secondary N) is 4. The molecule has 3 amide bonds. The van der Waals surface area contributed by atoms with Gasteiger partial charge >= 0.3 is 0 Å². The van der Waals surface area contributed by atoms with Crippen LogP contribution >= 0.6 is 0 Å². The van der Waals surface area contributed by atoms with E-state index in [0.29, 0.717) is 52.6 Å². The molecule has 11 heteroatoms.